The predicted molar refractivity (Wildman–Crippen MR) is 128 cm³/mol. The van der Waals surface area contributed by atoms with E-state index in [-0.39, 0.29) is 11.8 Å². The number of aromatic nitrogens is 5. The van der Waals surface area contributed by atoms with Crippen LogP contribution in [0.5, 0.6) is 0 Å². The number of hydrogen-bond acceptors (Lipinski definition) is 7. The van der Waals surface area contributed by atoms with Gasteiger partial charge in [-0.25, -0.2) is 9.97 Å². The Balaban J connectivity index is 1.23. The van der Waals surface area contributed by atoms with Crippen molar-refractivity contribution in [2.75, 3.05) is 5.32 Å². The summed E-state index contributed by atoms with van der Waals surface area (Å²) in [5.74, 6) is 0.849. The topological polar surface area (TPSA) is 108 Å². The maximum absolute atomic E-state index is 12.8. The quantitative estimate of drug-likeness (QED) is 0.368. The number of carbonyl (C=O) groups excluding carboxylic acids is 1. The summed E-state index contributed by atoms with van der Waals surface area (Å²) in [5, 5.41) is 15.7. The predicted octanol–water partition coefficient (Wildman–Crippen LogP) is 4.13. The normalized spacial score (nSPS) is 15.5. The van der Waals surface area contributed by atoms with Gasteiger partial charge >= 0.3 is 0 Å². The molecule has 3 N–H and O–H groups in total. The zero-order valence-corrected chi connectivity index (χ0v) is 18.5. The molecule has 0 radical (unpaired) electrons. The average Bonchev–Trinajstić information content (AvgIpc) is 3.47. The highest BCUT2D eigenvalue weighted by molar-refractivity contribution is 7.19. The third kappa shape index (κ3) is 3.80. The molecule has 0 saturated heterocycles. The van der Waals surface area contributed by atoms with Gasteiger partial charge in [0.05, 0.1) is 29.3 Å². The van der Waals surface area contributed by atoms with Gasteiger partial charge in [0.2, 0.25) is 5.91 Å². The van der Waals surface area contributed by atoms with Crippen molar-refractivity contribution >= 4 is 49.9 Å². The number of thiophene rings is 1. The third-order valence-electron chi connectivity index (χ3n) is 6.09. The first-order chi connectivity index (χ1) is 16.2. The Morgan fingerprint density at radius 3 is 3.06 bits per heavy atom. The van der Waals surface area contributed by atoms with Gasteiger partial charge in [-0.15, -0.1) is 11.3 Å². The van der Waals surface area contributed by atoms with Gasteiger partial charge in [-0.05, 0) is 55.2 Å². The van der Waals surface area contributed by atoms with Crippen molar-refractivity contribution in [2.24, 2.45) is 5.92 Å². The van der Waals surface area contributed by atoms with Crippen LogP contribution in [-0.2, 0) is 24.2 Å². The Morgan fingerprint density at radius 1 is 1.18 bits per heavy atom. The minimum absolute atomic E-state index is 0.0397. The van der Waals surface area contributed by atoms with Crippen LogP contribution in [0.4, 0.5) is 11.5 Å². The summed E-state index contributed by atoms with van der Waals surface area (Å²) in [5.41, 5.74) is 4.07. The number of rotatable bonds is 5. The van der Waals surface area contributed by atoms with Crippen LogP contribution in [0.15, 0.2) is 55.1 Å². The summed E-state index contributed by atoms with van der Waals surface area (Å²) < 4.78 is 0. The number of H-pyrrole nitrogens is 1. The number of nitrogens with one attached hydrogen (secondary N) is 3. The van der Waals surface area contributed by atoms with Crippen LogP contribution < -0.4 is 10.6 Å². The van der Waals surface area contributed by atoms with Crippen molar-refractivity contribution in [3.63, 3.8) is 0 Å². The fourth-order valence-corrected chi connectivity index (χ4v) is 5.68. The van der Waals surface area contributed by atoms with Crippen molar-refractivity contribution < 1.29 is 4.79 Å². The fraction of sp³-hybridized carbons (Fsp3) is 0.208. The first-order valence-corrected chi connectivity index (χ1v) is 11.7. The van der Waals surface area contributed by atoms with Gasteiger partial charge in [0.15, 0.2) is 0 Å². The van der Waals surface area contributed by atoms with Crippen molar-refractivity contribution in [3.8, 4) is 0 Å². The number of fused-ring (bicyclic) bond motifs is 4. The van der Waals surface area contributed by atoms with Gasteiger partial charge in [-0.2, -0.15) is 5.10 Å². The Bertz CT molecular complexity index is 1460. The maximum atomic E-state index is 12.8. The van der Waals surface area contributed by atoms with Crippen molar-refractivity contribution in [1.29, 1.82) is 0 Å². The second-order valence-electron chi connectivity index (χ2n) is 8.18. The lowest BCUT2D eigenvalue weighted by atomic mass is 9.87. The number of pyridine rings is 1. The van der Waals surface area contributed by atoms with Crippen molar-refractivity contribution in [2.45, 2.75) is 25.8 Å². The second-order valence-corrected chi connectivity index (χ2v) is 9.27. The van der Waals surface area contributed by atoms with E-state index >= 15 is 0 Å². The number of anilines is 2. The van der Waals surface area contributed by atoms with Crippen LogP contribution in [0.2, 0.25) is 0 Å². The molecule has 0 saturated carbocycles. The van der Waals surface area contributed by atoms with E-state index in [9.17, 15) is 4.79 Å². The van der Waals surface area contributed by atoms with Crippen molar-refractivity contribution in [3.05, 3.63) is 71.3 Å². The lowest BCUT2D eigenvalue weighted by molar-refractivity contribution is -0.125. The van der Waals surface area contributed by atoms with E-state index in [0.717, 1.165) is 57.6 Å². The van der Waals surface area contributed by atoms with E-state index in [2.05, 4.69) is 35.8 Å². The lowest BCUT2D eigenvalue weighted by Crippen LogP contribution is -2.33. The van der Waals surface area contributed by atoms with Gasteiger partial charge in [-0.1, -0.05) is 6.07 Å². The molecule has 0 bridgehead atoms. The number of nitrogens with zero attached hydrogens (tertiary/aromatic N) is 4. The molecular weight excluding hydrogens is 434 g/mol. The number of hydrogen-bond donors (Lipinski definition) is 3. The van der Waals surface area contributed by atoms with Crippen LogP contribution in [-0.4, -0.2) is 31.1 Å². The zero-order valence-electron chi connectivity index (χ0n) is 17.7. The SMILES string of the molecule is O=C(NCc1ccccn1)C1CCc2c(sc3ncnc(Nc4ccc5[nH]ncc5c4)c23)C1. The van der Waals surface area contributed by atoms with Crippen molar-refractivity contribution in [1.82, 2.24) is 30.5 Å². The number of carbonyl (C=O) groups is 1. The molecule has 1 aliphatic rings. The first-order valence-electron chi connectivity index (χ1n) is 10.9. The smallest absolute Gasteiger partial charge is 0.223 e. The number of aromatic amines is 1. The van der Waals surface area contributed by atoms with E-state index in [4.69, 9.17) is 0 Å². The summed E-state index contributed by atoms with van der Waals surface area (Å²) in [6.45, 7) is 0.454. The number of aryl methyl sites for hydroxylation is 1. The molecule has 9 heteroatoms. The van der Waals surface area contributed by atoms with Crippen LogP contribution in [0.3, 0.4) is 0 Å². The Kier molecular flexibility index (Phi) is 4.95. The van der Waals surface area contributed by atoms with Gasteiger partial charge < -0.3 is 10.6 Å². The second kappa shape index (κ2) is 8.25. The molecule has 33 heavy (non-hydrogen) atoms. The Morgan fingerprint density at radius 2 is 2.15 bits per heavy atom. The minimum Gasteiger partial charge on any atom is -0.350 e. The summed E-state index contributed by atoms with van der Waals surface area (Å²) in [7, 11) is 0. The molecule has 6 rings (SSSR count). The standard InChI is InChI=1S/C24H21N7OS/c32-23(26-12-17-3-1-2-8-25-17)14-4-6-18-20(10-14)33-24-21(18)22(27-13-28-24)30-16-5-7-19-15(9-16)11-29-31-19/h1-3,5,7-9,11,13-14H,4,6,10,12H2,(H,26,32)(H,29,31)(H,27,28,30). The zero-order chi connectivity index (χ0) is 22.2. The van der Waals surface area contributed by atoms with Gasteiger partial charge in [0, 0.05) is 28.1 Å². The van der Waals surface area contributed by atoms with Gasteiger partial charge in [-0.3, -0.25) is 14.9 Å². The Hall–Kier alpha value is -3.85. The van der Waals surface area contributed by atoms with E-state index in [0.29, 0.717) is 6.54 Å². The van der Waals surface area contributed by atoms with Gasteiger partial charge in [0.25, 0.3) is 0 Å². The van der Waals surface area contributed by atoms with Crippen LogP contribution in [0.25, 0.3) is 21.1 Å². The maximum Gasteiger partial charge on any atom is 0.223 e. The largest absolute Gasteiger partial charge is 0.350 e. The van der Waals surface area contributed by atoms with Gasteiger partial charge in [0.1, 0.15) is 17.0 Å². The summed E-state index contributed by atoms with van der Waals surface area (Å²) in [6.07, 6.45) is 7.51. The van der Waals surface area contributed by atoms with E-state index in [1.807, 2.05) is 42.6 Å². The molecule has 0 fully saturated rings. The number of amides is 1. The highest BCUT2D eigenvalue weighted by Crippen LogP contribution is 2.40. The van der Waals surface area contributed by atoms with E-state index < -0.39 is 0 Å². The third-order valence-corrected chi connectivity index (χ3v) is 7.25. The molecule has 1 amide bonds. The number of benzene rings is 1. The van der Waals surface area contributed by atoms with E-state index in [1.54, 1.807) is 23.9 Å². The first kappa shape index (κ1) is 19.8. The minimum atomic E-state index is -0.0397. The highest BCUT2D eigenvalue weighted by Gasteiger charge is 2.29. The molecule has 1 atom stereocenters. The molecule has 164 valence electrons. The Labute approximate surface area is 193 Å². The molecule has 1 aliphatic carbocycles. The molecule has 5 aromatic rings. The van der Waals surface area contributed by atoms with E-state index in [1.165, 1.54) is 10.4 Å². The average molecular weight is 456 g/mol. The van der Waals surface area contributed by atoms with Crippen LogP contribution in [0.1, 0.15) is 22.6 Å². The molecule has 1 aromatic carbocycles. The lowest BCUT2D eigenvalue weighted by Gasteiger charge is -2.21. The molecular formula is C24H21N7OS. The van der Waals surface area contributed by atoms with Crippen LogP contribution in [0, 0.1) is 5.92 Å². The summed E-state index contributed by atoms with van der Waals surface area (Å²) in [6, 6.07) is 11.8. The molecule has 0 spiro atoms. The summed E-state index contributed by atoms with van der Waals surface area (Å²) >= 11 is 1.67. The highest BCUT2D eigenvalue weighted by atomic mass is 32.1. The monoisotopic (exact) mass is 455 g/mol. The molecule has 4 aromatic heterocycles. The molecule has 1 unspecified atom stereocenters. The molecule has 0 aliphatic heterocycles. The van der Waals surface area contributed by atoms with Crippen LogP contribution >= 0.6 is 11.3 Å². The fourth-order valence-electron chi connectivity index (χ4n) is 4.41. The molecule has 4 heterocycles. The summed E-state index contributed by atoms with van der Waals surface area (Å²) in [4.78, 5) is 28.3. The molecule has 8 nitrogen and oxygen atoms in total.